The lowest BCUT2D eigenvalue weighted by molar-refractivity contribution is 0.406. The summed E-state index contributed by atoms with van der Waals surface area (Å²) in [6.45, 7) is 9.11. The summed E-state index contributed by atoms with van der Waals surface area (Å²) < 4.78 is 5.36. The molecule has 3 nitrogen and oxygen atoms in total. The summed E-state index contributed by atoms with van der Waals surface area (Å²) in [6, 6.07) is 0.471. The molecule has 0 amide bonds. The van der Waals surface area contributed by atoms with Crippen LogP contribution in [0.4, 0.5) is 0 Å². The standard InChI is InChI=1S/C12H20N2O/c1-8(2)13-7-11-10(4)12(15-5)9(3)6-14-11/h6,8,13H,7H2,1-5H3. The fourth-order valence-electron chi connectivity index (χ4n) is 1.55. The number of nitrogens with one attached hydrogen (secondary N) is 1. The molecule has 15 heavy (non-hydrogen) atoms. The van der Waals surface area contributed by atoms with Gasteiger partial charge in [0.15, 0.2) is 0 Å². The molecule has 0 aliphatic heterocycles. The average molecular weight is 208 g/mol. The Balaban J connectivity index is 2.90. The molecule has 0 atom stereocenters. The summed E-state index contributed by atoms with van der Waals surface area (Å²) in [5.74, 6) is 0.950. The van der Waals surface area contributed by atoms with E-state index in [1.807, 2.05) is 13.1 Å². The number of aromatic nitrogens is 1. The number of rotatable bonds is 4. The highest BCUT2D eigenvalue weighted by atomic mass is 16.5. The van der Waals surface area contributed by atoms with E-state index >= 15 is 0 Å². The molecule has 0 bridgehead atoms. The predicted molar refractivity (Wildman–Crippen MR) is 62.2 cm³/mol. The zero-order valence-electron chi connectivity index (χ0n) is 10.2. The molecular formula is C12H20N2O. The molecule has 0 unspecified atom stereocenters. The molecule has 0 saturated carbocycles. The van der Waals surface area contributed by atoms with Crippen molar-refractivity contribution >= 4 is 0 Å². The van der Waals surface area contributed by atoms with Crippen LogP contribution >= 0.6 is 0 Å². The molecule has 0 spiro atoms. The monoisotopic (exact) mass is 208 g/mol. The first kappa shape index (κ1) is 12.0. The SMILES string of the molecule is COc1c(C)cnc(CNC(C)C)c1C. The molecule has 1 heterocycles. The van der Waals surface area contributed by atoms with Crippen LogP contribution in [0.2, 0.25) is 0 Å². The topological polar surface area (TPSA) is 34.1 Å². The Morgan fingerprint density at radius 2 is 2.07 bits per heavy atom. The van der Waals surface area contributed by atoms with E-state index < -0.39 is 0 Å². The molecular weight excluding hydrogens is 188 g/mol. The smallest absolute Gasteiger partial charge is 0.128 e. The quantitative estimate of drug-likeness (QED) is 0.823. The van der Waals surface area contributed by atoms with Gasteiger partial charge in [0.2, 0.25) is 0 Å². The molecule has 0 aliphatic rings. The molecule has 1 aromatic heterocycles. The van der Waals surface area contributed by atoms with Gasteiger partial charge in [0, 0.05) is 29.9 Å². The van der Waals surface area contributed by atoms with E-state index in [-0.39, 0.29) is 0 Å². The van der Waals surface area contributed by atoms with E-state index in [0.29, 0.717) is 6.04 Å². The predicted octanol–water partition coefficient (Wildman–Crippen LogP) is 2.21. The fraction of sp³-hybridized carbons (Fsp3) is 0.583. The number of methoxy groups -OCH3 is 1. The third kappa shape index (κ3) is 2.93. The van der Waals surface area contributed by atoms with Crippen molar-refractivity contribution in [2.75, 3.05) is 7.11 Å². The van der Waals surface area contributed by atoms with Gasteiger partial charge in [0.25, 0.3) is 0 Å². The van der Waals surface area contributed by atoms with Gasteiger partial charge in [0.05, 0.1) is 12.8 Å². The highest BCUT2D eigenvalue weighted by Gasteiger charge is 2.09. The first-order valence-corrected chi connectivity index (χ1v) is 5.28. The summed E-state index contributed by atoms with van der Waals surface area (Å²) in [5, 5.41) is 3.36. The molecule has 0 saturated heterocycles. The van der Waals surface area contributed by atoms with Crippen LogP contribution in [0.1, 0.15) is 30.7 Å². The number of hydrogen-bond acceptors (Lipinski definition) is 3. The molecule has 1 N–H and O–H groups in total. The molecule has 0 fully saturated rings. The van der Waals surface area contributed by atoms with Gasteiger partial charge in [-0.3, -0.25) is 4.98 Å². The van der Waals surface area contributed by atoms with E-state index in [1.54, 1.807) is 7.11 Å². The normalized spacial score (nSPS) is 10.8. The molecule has 1 aromatic rings. The van der Waals surface area contributed by atoms with Crippen molar-refractivity contribution in [3.63, 3.8) is 0 Å². The average Bonchev–Trinajstić information content (AvgIpc) is 2.17. The maximum Gasteiger partial charge on any atom is 0.128 e. The zero-order chi connectivity index (χ0) is 11.4. The number of nitrogens with zero attached hydrogens (tertiary/aromatic N) is 1. The maximum atomic E-state index is 5.36. The van der Waals surface area contributed by atoms with Crippen LogP contribution in [0.15, 0.2) is 6.20 Å². The van der Waals surface area contributed by atoms with Gasteiger partial charge in [-0.1, -0.05) is 13.8 Å². The lowest BCUT2D eigenvalue weighted by atomic mass is 10.1. The van der Waals surface area contributed by atoms with E-state index in [2.05, 4.69) is 31.1 Å². The largest absolute Gasteiger partial charge is 0.496 e. The zero-order valence-corrected chi connectivity index (χ0v) is 10.2. The van der Waals surface area contributed by atoms with Gasteiger partial charge < -0.3 is 10.1 Å². The third-order valence-electron chi connectivity index (χ3n) is 2.43. The Bertz CT molecular complexity index is 335. The molecule has 0 aliphatic carbocycles. The van der Waals surface area contributed by atoms with Gasteiger partial charge in [-0.05, 0) is 13.8 Å². The van der Waals surface area contributed by atoms with Crippen LogP contribution in [0.25, 0.3) is 0 Å². The Morgan fingerprint density at radius 3 is 2.60 bits per heavy atom. The first-order chi connectivity index (χ1) is 7.06. The molecule has 1 rings (SSSR count). The summed E-state index contributed by atoms with van der Waals surface area (Å²) in [6.07, 6.45) is 1.86. The first-order valence-electron chi connectivity index (χ1n) is 5.28. The lowest BCUT2D eigenvalue weighted by Crippen LogP contribution is -2.23. The second-order valence-electron chi connectivity index (χ2n) is 4.08. The summed E-state index contributed by atoms with van der Waals surface area (Å²) >= 11 is 0. The van der Waals surface area contributed by atoms with Crippen molar-refractivity contribution in [3.05, 3.63) is 23.0 Å². The Kier molecular flexibility index (Phi) is 4.09. The van der Waals surface area contributed by atoms with Crippen LogP contribution in [-0.4, -0.2) is 18.1 Å². The number of aryl methyl sites for hydroxylation is 1. The Morgan fingerprint density at radius 1 is 1.40 bits per heavy atom. The van der Waals surface area contributed by atoms with Gasteiger partial charge in [-0.2, -0.15) is 0 Å². The van der Waals surface area contributed by atoms with Crippen molar-refractivity contribution in [1.29, 1.82) is 0 Å². The van der Waals surface area contributed by atoms with E-state index in [0.717, 1.165) is 29.1 Å². The van der Waals surface area contributed by atoms with E-state index in [1.165, 1.54) is 0 Å². The Hall–Kier alpha value is -1.09. The van der Waals surface area contributed by atoms with E-state index in [4.69, 9.17) is 4.74 Å². The third-order valence-corrected chi connectivity index (χ3v) is 2.43. The van der Waals surface area contributed by atoms with Gasteiger partial charge in [0.1, 0.15) is 5.75 Å². The molecule has 0 aromatic carbocycles. The highest BCUT2D eigenvalue weighted by Crippen LogP contribution is 2.23. The second kappa shape index (κ2) is 5.12. The molecule has 0 radical (unpaired) electrons. The van der Waals surface area contributed by atoms with Crippen molar-refractivity contribution in [3.8, 4) is 5.75 Å². The van der Waals surface area contributed by atoms with Crippen molar-refractivity contribution in [2.45, 2.75) is 40.3 Å². The lowest BCUT2D eigenvalue weighted by Gasteiger charge is -2.13. The number of hydrogen-bond donors (Lipinski definition) is 1. The summed E-state index contributed by atoms with van der Waals surface area (Å²) in [7, 11) is 1.70. The van der Waals surface area contributed by atoms with Crippen molar-refractivity contribution in [2.24, 2.45) is 0 Å². The van der Waals surface area contributed by atoms with Crippen LogP contribution in [-0.2, 0) is 6.54 Å². The van der Waals surface area contributed by atoms with Crippen LogP contribution < -0.4 is 10.1 Å². The Labute approximate surface area is 91.9 Å². The minimum atomic E-state index is 0.471. The van der Waals surface area contributed by atoms with Gasteiger partial charge in [-0.25, -0.2) is 0 Å². The van der Waals surface area contributed by atoms with Gasteiger partial charge >= 0.3 is 0 Å². The molecule has 84 valence electrons. The number of ether oxygens (including phenoxy) is 1. The van der Waals surface area contributed by atoms with Crippen LogP contribution in [0, 0.1) is 13.8 Å². The van der Waals surface area contributed by atoms with E-state index in [9.17, 15) is 0 Å². The molecule has 3 heteroatoms. The summed E-state index contributed by atoms with van der Waals surface area (Å²) in [5.41, 5.74) is 3.28. The minimum absolute atomic E-state index is 0.471. The second-order valence-corrected chi connectivity index (χ2v) is 4.08. The number of pyridine rings is 1. The van der Waals surface area contributed by atoms with Crippen molar-refractivity contribution in [1.82, 2.24) is 10.3 Å². The van der Waals surface area contributed by atoms with Crippen LogP contribution in [0.3, 0.4) is 0 Å². The highest BCUT2D eigenvalue weighted by molar-refractivity contribution is 5.40. The van der Waals surface area contributed by atoms with Crippen LogP contribution in [0.5, 0.6) is 5.75 Å². The van der Waals surface area contributed by atoms with Crippen molar-refractivity contribution < 1.29 is 4.74 Å². The summed E-state index contributed by atoms with van der Waals surface area (Å²) in [4.78, 5) is 4.42. The van der Waals surface area contributed by atoms with Gasteiger partial charge in [-0.15, -0.1) is 0 Å². The minimum Gasteiger partial charge on any atom is -0.496 e. The maximum absolute atomic E-state index is 5.36. The fourth-order valence-corrected chi connectivity index (χ4v) is 1.55.